The van der Waals surface area contributed by atoms with Crippen LogP contribution in [0.3, 0.4) is 0 Å². The summed E-state index contributed by atoms with van der Waals surface area (Å²) in [6.07, 6.45) is 0. The van der Waals surface area contributed by atoms with E-state index in [1.807, 2.05) is 0 Å². The summed E-state index contributed by atoms with van der Waals surface area (Å²) in [5.41, 5.74) is 5.68. The SMILES string of the molecule is C[C@@H](CNC(=O)CN)N(C)C(=O)NCc1cccc(F)c1Cl. The normalized spacial score (nSPS) is 11.7. The molecular weight excluding hydrogens is 311 g/mol. The van der Waals surface area contributed by atoms with Gasteiger partial charge in [0.2, 0.25) is 5.91 Å². The molecule has 0 aliphatic rings. The molecule has 22 heavy (non-hydrogen) atoms. The molecule has 0 radical (unpaired) electrons. The number of carbonyl (C=O) groups excluding carboxylic acids is 2. The van der Waals surface area contributed by atoms with Gasteiger partial charge in [-0.25, -0.2) is 9.18 Å². The van der Waals surface area contributed by atoms with E-state index in [4.69, 9.17) is 17.3 Å². The molecule has 1 aromatic carbocycles. The largest absolute Gasteiger partial charge is 0.353 e. The number of amides is 3. The minimum Gasteiger partial charge on any atom is -0.353 e. The van der Waals surface area contributed by atoms with E-state index in [-0.39, 0.29) is 36.1 Å². The Morgan fingerprint density at radius 3 is 2.73 bits per heavy atom. The van der Waals surface area contributed by atoms with Crippen molar-refractivity contribution in [1.82, 2.24) is 15.5 Å². The Kier molecular flexibility index (Phi) is 7.07. The molecule has 0 aromatic heterocycles. The summed E-state index contributed by atoms with van der Waals surface area (Å²) in [5.74, 6) is -0.813. The van der Waals surface area contributed by atoms with Gasteiger partial charge in [0.05, 0.1) is 11.6 Å². The fraction of sp³-hybridized carbons (Fsp3) is 0.429. The van der Waals surface area contributed by atoms with Crippen LogP contribution >= 0.6 is 11.6 Å². The zero-order chi connectivity index (χ0) is 16.7. The van der Waals surface area contributed by atoms with Gasteiger partial charge in [-0.2, -0.15) is 0 Å². The van der Waals surface area contributed by atoms with Gasteiger partial charge < -0.3 is 21.3 Å². The molecule has 0 spiro atoms. The van der Waals surface area contributed by atoms with Gasteiger partial charge in [-0.15, -0.1) is 0 Å². The second kappa shape index (κ2) is 8.55. The number of urea groups is 1. The van der Waals surface area contributed by atoms with Gasteiger partial charge in [-0.05, 0) is 18.6 Å². The number of hydrogen-bond donors (Lipinski definition) is 3. The van der Waals surface area contributed by atoms with E-state index in [9.17, 15) is 14.0 Å². The van der Waals surface area contributed by atoms with Crippen LogP contribution in [0.4, 0.5) is 9.18 Å². The van der Waals surface area contributed by atoms with Crippen LogP contribution in [0.5, 0.6) is 0 Å². The van der Waals surface area contributed by atoms with Crippen LogP contribution < -0.4 is 16.4 Å². The lowest BCUT2D eigenvalue weighted by Crippen LogP contribution is -2.47. The van der Waals surface area contributed by atoms with Crippen LogP contribution in [-0.2, 0) is 11.3 Å². The highest BCUT2D eigenvalue weighted by Gasteiger charge is 2.16. The van der Waals surface area contributed by atoms with Gasteiger partial charge in [-0.1, -0.05) is 23.7 Å². The van der Waals surface area contributed by atoms with Crippen LogP contribution in [0.15, 0.2) is 18.2 Å². The van der Waals surface area contributed by atoms with E-state index in [2.05, 4.69) is 10.6 Å². The van der Waals surface area contributed by atoms with Crippen molar-refractivity contribution in [3.05, 3.63) is 34.6 Å². The molecule has 0 aliphatic heterocycles. The first kappa shape index (κ1) is 18.2. The third-order valence-corrected chi connectivity index (χ3v) is 3.65. The Morgan fingerprint density at radius 1 is 1.41 bits per heavy atom. The molecule has 0 fully saturated rings. The van der Waals surface area contributed by atoms with E-state index in [0.29, 0.717) is 12.1 Å². The monoisotopic (exact) mass is 330 g/mol. The molecule has 8 heteroatoms. The molecule has 0 bridgehead atoms. The Balaban J connectivity index is 2.50. The standard InChI is InChI=1S/C14H20ClFN4O2/c1-9(7-18-12(21)6-17)20(2)14(22)19-8-10-4-3-5-11(16)13(10)15/h3-5,9H,6-8,17H2,1-2H3,(H,18,21)(H,19,22)/t9-/m0/s1. The molecule has 0 saturated heterocycles. The highest BCUT2D eigenvalue weighted by Crippen LogP contribution is 2.19. The fourth-order valence-corrected chi connectivity index (χ4v) is 1.84. The van der Waals surface area contributed by atoms with Crippen LogP contribution in [-0.4, -0.2) is 43.0 Å². The summed E-state index contributed by atoms with van der Waals surface area (Å²) in [6.45, 7) is 2.09. The number of likely N-dealkylation sites (N-methyl/N-ethyl adjacent to an activating group) is 1. The third-order valence-electron chi connectivity index (χ3n) is 3.22. The van der Waals surface area contributed by atoms with Crippen molar-refractivity contribution in [1.29, 1.82) is 0 Å². The lowest BCUT2D eigenvalue weighted by Gasteiger charge is -2.25. The summed E-state index contributed by atoms with van der Waals surface area (Å²) in [4.78, 5) is 24.5. The highest BCUT2D eigenvalue weighted by atomic mass is 35.5. The molecule has 3 amide bonds. The van der Waals surface area contributed by atoms with Crippen molar-refractivity contribution in [2.24, 2.45) is 5.73 Å². The average molecular weight is 331 g/mol. The second-order valence-corrected chi connectivity index (χ2v) is 5.22. The topological polar surface area (TPSA) is 87.5 Å². The quantitative estimate of drug-likeness (QED) is 0.729. The number of rotatable bonds is 6. The number of nitrogens with one attached hydrogen (secondary N) is 2. The fourth-order valence-electron chi connectivity index (χ4n) is 1.65. The molecular formula is C14H20ClFN4O2. The number of carbonyl (C=O) groups is 2. The van der Waals surface area contributed by atoms with E-state index < -0.39 is 5.82 Å². The van der Waals surface area contributed by atoms with Crippen molar-refractivity contribution in [3.63, 3.8) is 0 Å². The molecule has 122 valence electrons. The first-order chi connectivity index (χ1) is 10.4. The van der Waals surface area contributed by atoms with Gasteiger partial charge in [0.1, 0.15) is 5.82 Å². The number of halogens is 2. The molecule has 1 aromatic rings. The van der Waals surface area contributed by atoms with Crippen molar-refractivity contribution >= 4 is 23.5 Å². The molecule has 4 N–H and O–H groups in total. The highest BCUT2D eigenvalue weighted by molar-refractivity contribution is 6.31. The lowest BCUT2D eigenvalue weighted by atomic mass is 10.2. The van der Waals surface area contributed by atoms with Gasteiger partial charge in [0.15, 0.2) is 0 Å². The number of nitrogens with two attached hydrogens (primary N) is 1. The van der Waals surface area contributed by atoms with E-state index in [0.717, 1.165) is 0 Å². The summed E-state index contributed by atoms with van der Waals surface area (Å²) in [6, 6.07) is 3.84. The van der Waals surface area contributed by atoms with Crippen LogP contribution in [0.1, 0.15) is 12.5 Å². The first-order valence-electron chi connectivity index (χ1n) is 6.77. The number of hydrogen-bond acceptors (Lipinski definition) is 3. The predicted molar refractivity (Wildman–Crippen MR) is 82.9 cm³/mol. The summed E-state index contributed by atoms with van der Waals surface area (Å²) in [7, 11) is 1.60. The van der Waals surface area contributed by atoms with Crippen molar-refractivity contribution in [3.8, 4) is 0 Å². The molecule has 1 atom stereocenters. The molecule has 0 saturated carbocycles. The van der Waals surface area contributed by atoms with E-state index in [1.165, 1.54) is 17.0 Å². The molecule has 0 unspecified atom stereocenters. The Hall–Kier alpha value is -1.86. The molecule has 6 nitrogen and oxygen atoms in total. The van der Waals surface area contributed by atoms with Crippen LogP contribution in [0.25, 0.3) is 0 Å². The van der Waals surface area contributed by atoms with Crippen molar-refractivity contribution in [2.45, 2.75) is 19.5 Å². The minimum atomic E-state index is -0.528. The summed E-state index contributed by atoms with van der Waals surface area (Å²) in [5, 5.41) is 5.24. The zero-order valence-electron chi connectivity index (χ0n) is 12.5. The second-order valence-electron chi connectivity index (χ2n) is 4.84. The first-order valence-corrected chi connectivity index (χ1v) is 7.15. The maximum absolute atomic E-state index is 13.3. The van der Waals surface area contributed by atoms with Crippen LogP contribution in [0.2, 0.25) is 5.02 Å². The minimum absolute atomic E-state index is 0.00582. The Bertz CT molecular complexity index is 542. The van der Waals surface area contributed by atoms with Crippen molar-refractivity contribution in [2.75, 3.05) is 20.1 Å². The Morgan fingerprint density at radius 2 is 2.09 bits per heavy atom. The zero-order valence-corrected chi connectivity index (χ0v) is 13.3. The molecule has 0 aliphatic carbocycles. The number of nitrogens with zero attached hydrogens (tertiary/aromatic N) is 1. The van der Waals surface area contributed by atoms with Crippen molar-refractivity contribution < 1.29 is 14.0 Å². The summed E-state index contributed by atoms with van der Waals surface area (Å²) >= 11 is 5.82. The maximum Gasteiger partial charge on any atom is 0.317 e. The number of benzene rings is 1. The lowest BCUT2D eigenvalue weighted by molar-refractivity contribution is -0.119. The molecule has 1 rings (SSSR count). The van der Waals surface area contributed by atoms with Gasteiger partial charge in [0, 0.05) is 26.2 Å². The maximum atomic E-state index is 13.3. The van der Waals surface area contributed by atoms with Gasteiger partial charge in [0.25, 0.3) is 0 Å². The van der Waals surface area contributed by atoms with Gasteiger partial charge in [-0.3, -0.25) is 4.79 Å². The molecule has 0 heterocycles. The third kappa shape index (κ3) is 5.16. The van der Waals surface area contributed by atoms with E-state index in [1.54, 1.807) is 20.0 Å². The Labute approximate surface area is 133 Å². The smallest absolute Gasteiger partial charge is 0.317 e. The van der Waals surface area contributed by atoms with Crippen LogP contribution in [0, 0.1) is 5.82 Å². The van der Waals surface area contributed by atoms with Gasteiger partial charge >= 0.3 is 6.03 Å². The predicted octanol–water partition coefficient (Wildman–Crippen LogP) is 1.08. The van der Waals surface area contributed by atoms with E-state index >= 15 is 0 Å². The summed E-state index contributed by atoms with van der Waals surface area (Å²) < 4.78 is 13.3. The average Bonchev–Trinajstić information content (AvgIpc) is 2.52.